The summed E-state index contributed by atoms with van der Waals surface area (Å²) in [6, 6.07) is 12.4. The van der Waals surface area contributed by atoms with Crippen molar-refractivity contribution < 1.29 is 0 Å². The van der Waals surface area contributed by atoms with E-state index in [2.05, 4.69) is 64.7 Å². The maximum Gasteiger partial charge on any atom is 0.191 e. The number of nitrogens with one attached hydrogen (secondary N) is 2. The average Bonchev–Trinajstić information content (AvgIpc) is 3.55. The summed E-state index contributed by atoms with van der Waals surface area (Å²) in [7, 11) is 1.89. The highest BCUT2D eigenvalue weighted by Crippen LogP contribution is 2.31. The first-order valence-corrected chi connectivity index (χ1v) is 10.5. The molecule has 144 valence electrons. The van der Waals surface area contributed by atoms with Gasteiger partial charge in [-0.3, -0.25) is 4.99 Å². The number of likely N-dealkylation sites (tertiary alicyclic amines) is 1. The lowest BCUT2D eigenvalue weighted by Crippen LogP contribution is -2.51. The number of nitrogens with zero attached hydrogens (tertiary/aromatic N) is 2. The second kappa shape index (κ2) is 8.90. The van der Waals surface area contributed by atoms with Gasteiger partial charge in [0.05, 0.1) is 0 Å². The van der Waals surface area contributed by atoms with Crippen LogP contribution in [0.5, 0.6) is 0 Å². The van der Waals surface area contributed by atoms with Gasteiger partial charge in [0.1, 0.15) is 0 Å². The summed E-state index contributed by atoms with van der Waals surface area (Å²) < 4.78 is 0. The van der Waals surface area contributed by atoms with Crippen molar-refractivity contribution in [3.8, 4) is 0 Å². The third kappa shape index (κ3) is 4.59. The minimum atomic E-state index is 0.161. The first-order valence-electron chi connectivity index (χ1n) is 10.5. The van der Waals surface area contributed by atoms with E-state index in [9.17, 15) is 0 Å². The summed E-state index contributed by atoms with van der Waals surface area (Å²) in [5, 5.41) is 7.30. The van der Waals surface area contributed by atoms with E-state index in [1.54, 1.807) is 0 Å². The molecule has 2 fully saturated rings. The van der Waals surface area contributed by atoms with Crippen LogP contribution < -0.4 is 10.6 Å². The predicted octanol–water partition coefficient (Wildman–Crippen LogP) is 3.54. The molecule has 2 N–H and O–H groups in total. The Labute approximate surface area is 159 Å². The average molecular weight is 357 g/mol. The van der Waals surface area contributed by atoms with Gasteiger partial charge in [0.25, 0.3) is 0 Å². The van der Waals surface area contributed by atoms with E-state index >= 15 is 0 Å². The van der Waals surface area contributed by atoms with Crippen molar-refractivity contribution >= 4 is 5.96 Å². The van der Waals surface area contributed by atoms with Crippen LogP contribution in [0.15, 0.2) is 35.3 Å². The van der Waals surface area contributed by atoms with Gasteiger partial charge in [-0.25, -0.2) is 0 Å². The van der Waals surface area contributed by atoms with Crippen molar-refractivity contribution in [3.63, 3.8) is 0 Å². The van der Waals surface area contributed by atoms with Crippen molar-refractivity contribution in [2.75, 3.05) is 26.7 Å². The molecule has 0 radical (unpaired) electrons. The summed E-state index contributed by atoms with van der Waals surface area (Å²) in [5.74, 6) is 0.956. The van der Waals surface area contributed by atoms with Crippen LogP contribution in [-0.4, -0.2) is 49.6 Å². The predicted molar refractivity (Wildman–Crippen MR) is 111 cm³/mol. The van der Waals surface area contributed by atoms with Gasteiger partial charge in [-0.2, -0.15) is 0 Å². The first-order chi connectivity index (χ1) is 12.7. The molecule has 1 aliphatic carbocycles. The lowest BCUT2D eigenvalue weighted by Gasteiger charge is -2.35. The minimum absolute atomic E-state index is 0.161. The van der Waals surface area contributed by atoms with E-state index in [1.165, 1.54) is 44.3 Å². The van der Waals surface area contributed by atoms with E-state index in [-0.39, 0.29) is 5.41 Å². The zero-order valence-corrected chi connectivity index (χ0v) is 16.8. The molecule has 4 heteroatoms. The molecule has 1 saturated carbocycles. The van der Waals surface area contributed by atoms with Crippen LogP contribution in [0.25, 0.3) is 0 Å². The van der Waals surface area contributed by atoms with Crippen LogP contribution >= 0.6 is 0 Å². The molecule has 1 heterocycles. The second-order valence-electron chi connectivity index (χ2n) is 7.96. The van der Waals surface area contributed by atoms with Crippen molar-refractivity contribution in [2.45, 2.75) is 69.9 Å². The zero-order valence-electron chi connectivity index (χ0n) is 16.8. The molecular weight excluding hydrogens is 320 g/mol. The lowest BCUT2D eigenvalue weighted by molar-refractivity contribution is 0.197. The largest absolute Gasteiger partial charge is 0.356 e. The summed E-state index contributed by atoms with van der Waals surface area (Å²) in [6.45, 7) is 7.98. The molecule has 0 bridgehead atoms. The lowest BCUT2D eigenvalue weighted by atomic mass is 9.76. The van der Waals surface area contributed by atoms with Gasteiger partial charge in [0.2, 0.25) is 0 Å². The molecular formula is C22H36N4. The Balaban J connectivity index is 1.54. The Bertz CT molecular complexity index is 567. The zero-order chi connectivity index (χ0) is 18.4. The molecule has 0 amide bonds. The molecule has 1 aromatic carbocycles. The molecule has 1 saturated heterocycles. The van der Waals surface area contributed by atoms with Gasteiger partial charge < -0.3 is 15.5 Å². The monoisotopic (exact) mass is 356 g/mol. The Morgan fingerprint density at radius 3 is 2.27 bits per heavy atom. The number of hydrogen-bond donors (Lipinski definition) is 2. The van der Waals surface area contributed by atoms with Gasteiger partial charge in [0.15, 0.2) is 5.96 Å². The highest BCUT2D eigenvalue weighted by molar-refractivity contribution is 5.80. The highest BCUT2D eigenvalue weighted by atomic mass is 15.2. The summed E-state index contributed by atoms with van der Waals surface area (Å²) in [5.41, 5.74) is 1.58. The fourth-order valence-electron chi connectivity index (χ4n) is 4.29. The van der Waals surface area contributed by atoms with Crippen LogP contribution in [0.4, 0.5) is 0 Å². The number of aliphatic imine (C=N–C) groups is 1. The topological polar surface area (TPSA) is 39.7 Å². The third-order valence-corrected chi connectivity index (χ3v) is 6.49. The second-order valence-corrected chi connectivity index (χ2v) is 7.96. The van der Waals surface area contributed by atoms with Crippen LogP contribution in [0.1, 0.15) is 57.9 Å². The molecule has 3 rings (SSSR count). The first kappa shape index (κ1) is 19.2. The number of guanidine groups is 1. The SMILES string of the molecule is CCC(CC)(CNC(=NC)NC1CCN(C2CC2)CC1)c1ccccc1. The molecule has 4 nitrogen and oxygen atoms in total. The van der Waals surface area contributed by atoms with E-state index < -0.39 is 0 Å². The Morgan fingerprint density at radius 2 is 1.73 bits per heavy atom. The maximum atomic E-state index is 4.49. The Hall–Kier alpha value is -1.55. The van der Waals surface area contributed by atoms with Crippen molar-refractivity contribution in [2.24, 2.45) is 4.99 Å². The molecule has 0 aromatic heterocycles. The van der Waals surface area contributed by atoms with Crippen molar-refractivity contribution in [3.05, 3.63) is 35.9 Å². The van der Waals surface area contributed by atoms with Crippen molar-refractivity contribution in [1.29, 1.82) is 0 Å². The third-order valence-electron chi connectivity index (χ3n) is 6.49. The fourth-order valence-corrected chi connectivity index (χ4v) is 4.29. The van der Waals surface area contributed by atoms with Gasteiger partial charge >= 0.3 is 0 Å². The molecule has 1 aliphatic heterocycles. The van der Waals surface area contributed by atoms with Crippen molar-refractivity contribution in [1.82, 2.24) is 15.5 Å². The number of benzene rings is 1. The van der Waals surface area contributed by atoms with E-state index in [4.69, 9.17) is 0 Å². The molecule has 0 spiro atoms. The van der Waals surface area contributed by atoms with Gasteiger partial charge in [-0.15, -0.1) is 0 Å². The van der Waals surface area contributed by atoms with Gasteiger partial charge in [-0.05, 0) is 44.1 Å². The molecule has 26 heavy (non-hydrogen) atoms. The summed E-state index contributed by atoms with van der Waals surface area (Å²) in [6.07, 6.45) is 7.52. The Kier molecular flexibility index (Phi) is 6.58. The number of hydrogen-bond acceptors (Lipinski definition) is 2. The Morgan fingerprint density at radius 1 is 1.08 bits per heavy atom. The highest BCUT2D eigenvalue weighted by Gasteiger charge is 2.32. The number of piperidine rings is 1. The standard InChI is InChI=1S/C22H36N4/c1-4-22(5-2,18-9-7-6-8-10-18)17-24-21(23-3)25-19-13-15-26(16-14-19)20-11-12-20/h6-10,19-20H,4-5,11-17H2,1-3H3,(H2,23,24,25). The fraction of sp³-hybridized carbons (Fsp3) is 0.682. The van der Waals surface area contributed by atoms with Crippen LogP contribution in [0.3, 0.4) is 0 Å². The van der Waals surface area contributed by atoms with Crippen LogP contribution in [-0.2, 0) is 5.41 Å². The van der Waals surface area contributed by atoms with Gasteiger partial charge in [0, 0.05) is 44.2 Å². The van der Waals surface area contributed by atoms with Crippen LogP contribution in [0.2, 0.25) is 0 Å². The molecule has 0 unspecified atom stereocenters. The van der Waals surface area contributed by atoms with Crippen LogP contribution in [0, 0.1) is 0 Å². The van der Waals surface area contributed by atoms with Gasteiger partial charge in [-0.1, -0.05) is 44.2 Å². The van der Waals surface area contributed by atoms with E-state index in [1.807, 2.05) is 7.05 Å². The quantitative estimate of drug-likeness (QED) is 0.580. The van der Waals surface area contributed by atoms with E-state index in [0.717, 1.165) is 31.4 Å². The molecule has 0 atom stereocenters. The minimum Gasteiger partial charge on any atom is -0.356 e. The summed E-state index contributed by atoms with van der Waals surface area (Å²) >= 11 is 0. The van der Waals surface area contributed by atoms with E-state index in [0.29, 0.717) is 6.04 Å². The molecule has 2 aliphatic rings. The number of rotatable bonds is 7. The normalized spacial score (nSPS) is 20.2. The molecule has 1 aromatic rings. The smallest absolute Gasteiger partial charge is 0.191 e. The summed E-state index contributed by atoms with van der Waals surface area (Å²) in [4.78, 5) is 7.16. The maximum absolute atomic E-state index is 4.49.